The lowest BCUT2D eigenvalue weighted by atomic mass is 9.86. The molecule has 13 heteroatoms. The van der Waals surface area contributed by atoms with Gasteiger partial charge in [0.2, 0.25) is 27.7 Å². The molecule has 5 aliphatic rings. The fraction of sp³-hybridized carbons (Fsp3) is 0.595. The van der Waals surface area contributed by atoms with Crippen LogP contribution in [0.3, 0.4) is 0 Å². The molecular weight excluding hydrogens is 660 g/mol. The number of ether oxygens (including phenoxy) is 2. The number of esters is 1. The number of benzene rings is 1. The van der Waals surface area contributed by atoms with Crippen molar-refractivity contribution < 1.29 is 37.1 Å². The van der Waals surface area contributed by atoms with Gasteiger partial charge in [-0.05, 0) is 86.8 Å². The fourth-order valence-electron chi connectivity index (χ4n) is 8.05. The molecule has 268 valence electrons. The Kier molecular flexibility index (Phi) is 9.62. The lowest BCUT2D eigenvalue weighted by molar-refractivity contribution is -0.152. The zero-order valence-corrected chi connectivity index (χ0v) is 29.1. The molecule has 4 fully saturated rings. The second-order valence-electron chi connectivity index (χ2n) is 14.7. The second kappa shape index (κ2) is 14.0. The zero-order valence-electron chi connectivity index (χ0n) is 28.3. The smallest absolute Gasteiger partial charge is 0.306 e. The van der Waals surface area contributed by atoms with Crippen LogP contribution in [-0.2, 0) is 40.4 Å². The fourth-order valence-corrected chi connectivity index (χ4v) is 9.41. The van der Waals surface area contributed by atoms with E-state index in [2.05, 4.69) is 33.7 Å². The van der Waals surface area contributed by atoms with E-state index in [4.69, 9.17) is 9.47 Å². The van der Waals surface area contributed by atoms with Gasteiger partial charge >= 0.3 is 5.97 Å². The van der Waals surface area contributed by atoms with Gasteiger partial charge in [0.1, 0.15) is 17.7 Å². The number of carbonyl (C=O) groups excluding carboxylic acids is 4. The summed E-state index contributed by atoms with van der Waals surface area (Å²) in [6.45, 7) is 4.15. The predicted molar refractivity (Wildman–Crippen MR) is 184 cm³/mol. The second-order valence-corrected chi connectivity index (χ2v) is 16.7. The molecular formula is C37H46N4O8S. The molecule has 0 spiro atoms. The van der Waals surface area contributed by atoms with Crippen LogP contribution in [0.4, 0.5) is 0 Å². The highest BCUT2D eigenvalue weighted by atomic mass is 32.2. The van der Waals surface area contributed by atoms with E-state index in [9.17, 15) is 27.6 Å². The van der Waals surface area contributed by atoms with Crippen LogP contribution in [0, 0.1) is 17.8 Å². The van der Waals surface area contributed by atoms with Crippen LogP contribution in [0.1, 0.15) is 82.6 Å². The minimum absolute atomic E-state index is 0.0270. The molecule has 3 saturated carbocycles. The minimum Gasteiger partial charge on any atom is -0.472 e. The summed E-state index contributed by atoms with van der Waals surface area (Å²) in [4.78, 5) is 61.5. The standard InChI is InChI=1S/C37H46N4O8S/c1-2-26-21-37(26,36(45)40-50(46,47)28-13-14-28)39-33(43)31-19-27-22-41(31)35(44)30(24-9-5-6-10-24)20-32(42)48-17-7-3-4-8-23-11-12-25-15-16-38-34(49-27)29(25)18-23/h2,11-12,15-16,18,24,26-28,30-31H,1,3-10,13-14,17,19-22H2,(H,39,43)(H,40,45)/t26-,27-,30+,31+,37-/m1/s1. The number of hydrogen-bond donors (Lipinski definition) is 2. The molecule has 12 nitrogen and oxygen atoms in total. The van der Waals surface area contributed by atoms with Gasteiger partial charge in [-0.1, -0.05) is 31.1 Å². The van der Waals surface area contributed by atoms with E-state index in [0.29, 0.717) is 18.7 Å². The third-order valence-electron chi connectivity index (χ3n) is 11.2. The van der Waals surface area contributed by atoms with Gasteiger partial charge in [-0.3, -0.25) is 23.9 Å². The monoisotopic (exact) mass is 706 g/mol. The predicted octanol–water partition coefficient (Wildman–Crippen LogP) is 3.72. The van der Waals surface area contributed by atoms with Crippen molar-refractivity contribution in [1.29, 1.82) is 0 Å². The Hall–Kier alpha value is -4.00. The van der Waals surface area contributed by atoms with Crippen molar-refractivity contribution in [3.63, 3.8) is 0 Å². The van der Waals surface area contributed by atoms with Crippen LogP contribution in [0.25, 0.3) is 10.8 Å². The molecule has 3 amide bonds. The SMILES string of the molecule is C=C[C@@H]1C[C@]1(NC(=O)[C@@H]1C[C@@H]2CN1C(=O)[C@H](C1CCCC1)CC(=O)OCCCCCc1ccc3ccnc(c3c1)O2)C(=O)NS(=O)(=O)C1CC1. The first-order valence-electron chi connectivity index (χ1n) is 18.1. The number of pyridine rings is 1. The number of nitrogens with zero attached hydrogens (tertiary/aromatic N) is 2. The molecule has 50 heavy (non-hydrogen) atoms. The number of sulfonamides is 1. The Bertz CT molecular complexity index is 1790. The summed E-state index contributed by atoms with van der Waals surface area (Å²) in [6.07, 6.45) is 10.7. The van der Waals surface area contributed by atoms with E-state index in [1.54, 1.807) is 6.20 Å². The van der Waals surface area contributed by atoms with E-state index < -0.39 is 62.6 Å². The Morgan fingerprint density at radius 3 is 2.58 bits per heavy atom. The number of rotatable bonds is 7. The van der Waals surface area contributed by atoms with Crippen molar-refractivity contribution in [2.45, 2.75) is 106 Å². The number of fused-ring (bicyclic) bond motifs is 3. The van der Waals surface area contributed by atoms with Crippen molar-refractivity contribution in [3.8, 4) is 5.88 Å². The largest absolute Gasteiger partial charge is 0.472 e. The summed E-state index contributed by atoms with van der Waals surface area (Å²) < 4.78 is 39.7. The van der Waals surface area contributed by atoms with Crippen LogP contribution < -0.4 is 14.8 Å². The van der Waals surface area contributed by atoms with E-state index >= 15 is 0 Å². The van der Waals surface area contributed by atoms with Gasteiger partial charge in [0.15, 0.2) is 0 Å². The molecule has 2 aliphatic heterocycles. The van der Waals surface area contributed by atoms with Gasteiger partial charge in [-0.25, -0.2) is 13.4 Å². The Morgan fingerprint density at radius 2 is 1.84 bits per heavy atom. The zero-order chi connectivity index (χ0) is 35.0. The van der Waals surface area contributed by atoms with E-state index in [-0.39, 0.29) is 44.2 Å². The van der Waals surface area contributed by atoms with Gasteiger partial charge in [0.25, 0.3) is 5.91 Å². The maximum Gasteiger partial charge on any atom is 0.306 e. The van der Waals surface area contributed by atoms with Crippen LogP contribution in [0.5, 0.6) is 5.88 Å². The summed E-state index contributed by atoms with van der Waals surface area (Å²) in [6, 6.07) is 7.07. The van der Waals surface area contributed by atoms with Crippen molar-refractivity contribution in [2.75, 3.05) is 13.2 Å². The normalized spacial score (nSPS) is 29.5. The highest BCUT2D eigenvalue weighted by Crippen LogP contribution is 2.46. The molecule has 3 heterocycles. The molecule has 0 unspecified atom stereocenters. The van der Waals surface area contributed by atoms with E-state index in [1.165, 1.54) is 11.0 Å². The molecule has 4 bridgehead atoms. The molecule has 1 aromatic heterocycles. The number of amides is 3. The molecule has 1 aromatic carbocycles. The number of aryl methyl sites for hydroxylation is 1. The Morgan fingerprint density at radius 1 is 1.04 bits per heavy atom. The summed E-state index contributed by atoms with van der Waals surface area (Å²) in [7, 11) is -3.86. The first kappa shape index (κ1) is 34.4. The number of hydrogen-bond acceptors (Lipinski definition) is 9. The van der Waals surface area contributed by atoms with E-state index in [1.807, 2.05) is 12.1 Å². The molecule has 5 atom stereocenters. The molecule has 0 radical (unpaired) electrons. The van der Waals surface area contributed by atoms with Crippen LogP contribution >= 0.6 is 0 Å². The molecule has 7 rings (SSSR count). The van der Waals surface area contributed by atoms with Gasteiger partial charge in [-0.2, -0.15) is 0 Å². The van der Waals surface area contributed by atoms with Crippen LogP contribution in [0.15, 0.2) is 43.1 Å². The number of cyclic esters (lactones) is 1. The first-order valence-corrected chi connectivity index (χ1v) is 19.6. The lowest BCUT2D eigenvalue weighted by Crippen LogP contribution is -2.57. The highest BCUT2D eigenvalue weighted by molar-refractivity contribution is 7.91. The van der Waals surface area contributed by atoms with Gasteiger partial charge in [0.05, 0.1) is 30.7 Å². The summed E-state index contributed by atoms with van der Waals surface area (Å²) >= 11 is 0. The van der Waals surface area contributed by atoms with Crippen LogP contribution in [0.2, 0.25) is 0 Å². The quantitative estimate of drug-likeness (QED) is 0.323. The van der Waals surface area contributed by atoms with Gasteiger partial charge in [-0.15, -0.1) is 6.58 Å². The maximum absolute atomic E-state index is 14.6. The van der Waals surface area contributed by atoms with E-state index in [0.717, 1.165) is 67.7 Å². The average molecular weight is 707 g/mol. The van der Waals surface area contributed by atoms with Crippen LogP contribution in [-0.4, -0.2) is 78.1 Å². The molecule has 2 aromatic rings. The molecule has 3 aliphatic carbocycles. The summed E-state index contributed by atoms with van der Waals surface area (Å²) in [5.74, 6) is -2.89. The third kappa shape index (κ3) is 7.11. The number of carbonyl (C=O) groups is 4. The summed E-state index contributed by atoms with van der Waals surface area (Å²) in [5.41, 5.74) is -0.370. The minimum atomic E-state index is -3.86. The maximum atomic E-state index is 14.6. The first-order chi connectivity index (χ1) is 24.1. The van der Waals surface area contributed by atoms with Crippen molar-refractivity contribution in [2.24, 2.45) is 17.8 Å². The summed E-state index contributed by atoms with van der Waals surface area (Å²) in [5, 5.41) is 4.03. The third-order valence-corrected chi connectivity index (χ3v) is 13.0. The van der Waals surface area contributed by atoms with Gasteiger partial charge < -0.3 is 19.7 Å². The molecule has 2 N–H and O–H groups in total. The Balaban J connectivity index is 1.20. The Labute approximate surface area is 292 Å². The molecule has 1 saturated heterocycles. The number of aromatic nitrogens is 1. The van der Waals surface area contributed by atoms with Crippen molar-refractivity contribution >= 4 is 44.5 Å². The van der Waals surface area contributed by atoms with Crippen molar-refractivity contribution in [1.82, 2.24) is 19.9 Å². The average Bonchev–Trinajstić information content (AvgIpc) is 3.97. The topological polar surface area (TPSA) is 161 Å². The van der Waals surface area contributed by atoms with Crippen molar-refractivity contribution in [3.05, 3.63) is 48.7 Å². The van der Waals surface area contributed by atoms with Gasteiger partial charge in [0, 0.05) is 23.9 Å². The highest BCUT2D eigenvalue weighted by Gasteiger charge is 2.62. The number of nitrogens with one attached hydrogen (secondary N) is 2. The lowest BCUT2D eigenvalue weighted by Gasteiger charge is -2.31.